The maximum Gasteiger partial charge on any atom is 0.251 e. The first-order valence-electron chi connectivity index (χ1n) is 8.47. The summed E-state index contributed by atoms with van der Waals surface area (Å²) in [6, 6.07) is 8.99. The molecule has 1 aromatic carbocycles. The van der Waals surface area contributed by atoms with Crippen LogP contribution in [0.15, 0.2) is 42.7 Å². The molecule has 0 spiro atoms. The van der Waals surface area contributed by atoms with Gasteiger partial charge in [0, 0.05) is 36.8 Å². The molecule has 2 amide bonds. The Labute approximate surface area is 147 Å². The molecule has 1 aliphatic heterocycles. The van der Waals surface area contributed by atoms with Crippen molar-refractivity contribution in [1.29, 1.82) is 0 Å². The van der Waals surface area contributed by atoms with Crippen LogP contribution in [0.2, 0.25) is 0 Å². The first kappa shape index (κ1) is 17.0. The fraction of sp³-hybridized carbons (Fsp3) is 0.316. The molecule has 1 aliphatic rings. The number of nitrogens with one attached hydrogen (secondary N) is 1. The maximum absolute atomic E-state index is 12.6. The summed E-state index contributed by atoms with van der Waals surface area (Å²) in [7, 11) is 0. The molecule has 2 heterocycles. The van der Waals surface area contributed by atoms with Crippen molar-refractivity contribution in [2.24, 2.45) is 0 Å². The quantitative estimate of drug-likeness (QED) is 0.873. The molecule has 3 rings (SSSR count). The van der Waals surface area contributed by atoms with Gasteiger partial charge in [-0.05, 0) is 30.2 Å². The molecular formula is C19H22N4O2. The smallest absolute Gasteiger partial charge is 0.251 e. The van der Waals surface area contributed by atoms with Crippen molar-refractivity contribution in [3.05, 3.63) is 48.3 Å². The van der Waals surface area contributed by atoms with E-state index >= 15 is 0 Å². The number of pyridine rings is 1. The van der Waals surface area contributed by atoms with E-state index in [0.29, 0.717) is 24.2 Å². The Morgan fingerprint density at radius 1 is 1.40 bits per heavy atom. The standard InChI is InChI=1S/C19H22N4O2/c1-2-8-23-12-15(10-18(23)24)22-19(25)14-5-3-4-13(9-14)16-6-7-21-11-17(16)20/h3-7,9,11,15H,2,8,10,12,20H2,1H3,(H,22,25)/t15-/m1/s1. The lowest BCUT2D eigenvalue weighted by atomic mass is 10.0. The maximum atomic E-state index is 12.6. The van der Waals surface area contributed by atoms with E-state index < -0.39 is 0 Å². The minimum absolute atomic E-state index is 0.102. The normalized spacial score (nSPS) is 16.9. The Hall–Kier alpha value is -2.89. The first-order valence-corrected chi connectivity index (χ1v) is 8.47. The van der Waals surface area contributed by atoms with E-state index in [1.54, 1.807) is 23.4 Å². The number of likely N-dealkylation sites (tertiary alicyclic amines) is 1. The summed E-state index contributed by atoms with van der Waals surface area (Å²) in [5.41, 5.74) is 8.79. The number of nitrogens with two attached hydrogens (primary N) is 1. The molecule has 2 aromatic rings. The molecule has 1 saturated heterocycles. The van der Waals surface area contributed by atoms with Crippen LogP contribution in [0, 0.1) is 0 Å². The molecule has 25 heavy (non-hydrogen) atoms. The van der Waals surface area contributed by atoms with Crippen molar-refractivity contribution in [3.63, 3.8) is 0 Å². The zero-order valence-electron chi connectivity index (χ0n) is 14.2. The second-order valence-corrected chi connectivity index (χ2v) is 6.26. The highest BCUT2D eigenvalue weighted by atomic mass is 16.2. The Kier molecular flexibility index (Phi) is 4.97. The van der Waals surface area contributed by atoms with Crippen LogP contribution in [0.5, 0.6) is 0 Å². The lowest BCUT2D eigenvalue weighted by Gasteiger charge is -2.16. The molecule has 130 valence electrons. The molecular weight excluding hydrogens is 316 g/mol. The first-order chi connectivity index (χ1) is 12.1. The van der Waals surface area contributed by atoms with Gasteiger partial charge in [-0.3, -0.25) is 14.6 Å². The molecule has 1 atom stereocenters. The number of hydrogen-bond acceptors (Lipinski definition) is 4. The van der Waals surface area contributed by atoms with Crippen LogP contribution in [0.25, 0.3) is 11.1 Å². The molecule has 3 N–H and O–H groups in total. The number of nitrogens with zero attached hydrogens (tertiary/aromatic N) is 2. The highest BCUT2D eigenvalue weighted by Gasteiger charge is 2.30. The van der Waals surface area contributed by atoms with Gasteiger partial charge in [-0.1, -0.05) is 19.1 Å². The van der Waals surface area contributed by atoms with Crippen molar-refractivity contribution in [1.82, 2.24) is 15.2 Å². The van der Waals surface area contributed by atoms with E-state index in [1.807, 2.05) is 31.2 Å². The number of anilines is 1. The lowest BCUT2D eigenvalue weighted by molar-refractivity contribution is -0.127. The number of aromatic nitrogens is 1. The van der Waals surface area contributed by atoms with E-state index in [-0.39, 0.29) is 17.9 Å². The number of benzene rings is 1. The van der Waals surface area contributed by atoms with Crippen LogP contribution in [0.1, 0.15) is 30.1 Å². The second kappa shape index (κ2) is 7.34. The number of carbonyl (C=O) groups excluding carboxylic acids is 2. The van der Waals surface area contributed by atoms with E-state index in [2.05, 4.69) is 10.3 Å². The number of amides is 2. The Morgan fingerprint density at radius 2 is 2.24 bits per heavy atom. The molecule has 6 nitrogen and oxygen atoms in total. The average molecular weight is 338 g/mol. The van der Waals surface area contributed by atoms with Gasteiger partial charge in [0.25, 0.3) is 5.91 Å². The third-order valence-electron chi connectivity index (χ3n) is 4.33. The summed E-state index contributed by atoms with van der Waals surface area (Å²) >= 11 is 0. The number of rotatable bonds is 5. The highest BCUT2D eigenvalue weighted by molar-refractivity contribution is 5.96. The Bertz CT molecular complexity index is 790. The molecule has 0 radical (unpaired) electrons. The number of carbonyl (C=O) groups is 2. The van der Waals surface area contributed by atoms with Gasteiger partial charge in [0.2, 0.25) is 5.91 Å². The minimum atomic E-state index is -0.175. The predicted molar refractivity (Wildman–Crippen MR) is 96.8 cm³/mol. The largest absolute Gasteiger partial charge is 0.397 e. The predicted octanol–water partition coefficient (Wildman–Crippen LogP) is 2.07. The van der Waals surface area contributed by atoms with Crippen LogP contribution in [0.4, 0.5) is 5.69 Å². The summed E-state index contributed by atoms with van der Waals surface area (Å²) in [6.07, 6.45) is 4.55. The van der Waals surface area contributed by atoms with E-state index in [0.717, 1.165) is 24.1 Å². The summed E-state index contributed by atoms with van der Waals surface area (Å²) < 4.78 is 0. The lowest BCUT2D eigenvalue weighted by Crippen LogP contribution is -2.37. The van der Waals surface area contributed by atoms with Gasteiger partial charge in [0.15, 0.2) is 0 Å². The molecule has 0 bridgehead atoms. The fourth-order valence-corrected chi connectivity index (χ4v) is 3.12. The second-order valence-electron chi connectivity index (χ2n) is 6.26. The van der Waals surface area contributed by atoms with Gasteiger partial charge in [-0.15, -0.1) is 0 Å². The van der Waals surface area contributed by atoms with Crippen LogP contribution < -0.4 is 11.1 Å². The summed E-state index contributed by atoms with van der Waals surface area (Å²) in [4.78, 5) is 30.3. The molecule has 0 unspecified atom stereocenters. The minimum Gasteiger partial charge on any atom is -0.397 e. The zero-order chi connectivity index (χ0) is 17.8. The van der Waals surface area contributed by atoms with Crippen molar-refractivity contribution >= 4 is 17.5 Å². The van der Waals surface area contributed by atoms with Crippen molar-refractivity contribution in [3.8, 4) is 11.1 Å². The molecule has 0 aliphatic carbocycles. The Morgan fingerprint density at radius 3 is 3.00 bits per heavy atom. The van der Waals surface area contributed by atoms with Crippen molar-refractivity contribution in [2.75, 3.05) is 18.8 Å². The third kappa shape index (κ3) is 3.79. The monoisotopic (exact) mass is 338 g/mol. The zero-order valence-corrected chi connectivity index (χ0v) is 14.2. The van der Waals surface area contributed by atoms with Gasteiger partial charge >= 0.3 is 0 Å². The molecule has 1 fully saturated rings. The van der Waals surface area contributed by atoms with E-state index in [4.69, 9.17) is 5.73 Å². The third-order valence-corrected chi connectivity index (χ3v) is 4.33. The van der Waals surface area contributed by atoms with Crippen molar-refractivity contribution in [2.45, 2.75) is 25.8 Å². The molecule has 6 heteroatoms. The van der Waals surface area contributed by atoms with Gasteiger partial charge in [0.1, 0.15) is 0 Å². The topological polar surface area (TPSA) is 88.3 Å². The van der Waals surface area contributed by atoms with Crippen LogP contribution in [-0.4, -0.2) is 40.8 Å². The SMILES string of the molecule is CCCN1C[C@H](NC(=O)c2cccc(-c3ccncc3N)c2)CC1=O. The highest BCUT2D eigenvalue weighted by Crippen LogP contribution is 2.25. The van der Waals surface area contributed by atoms with E-state index in [9.17, 15) is 9.59 Å². The average Bonchev–Trinajstić information content (AvgIpc) is 2.95. The van der Waals surface area contributed by atoms with Crippen LogP contribution in [0.3, 0.4) is 0 Å². The summed E-state index contributed by atoms with van der Waals surface area (Å²) in [6.45, 7) is 3.35. The number of nitrogen functional groups attached to an aromatic ring is 1. The molecule has 1 aromatic heterocycles. The van der Waals surface area contributed by atoms with Crippen LogP contribution >= 0.6 is 0 Å². The summed E-state index contributed by atoms with van der Waals surface area (Å²) in [5.74, 6) is -0.0731. The Balaban J connectivity index is 1.72. The summed E-state index contributed by atoms with van der Waals surface area (Å²) in [5, 5.41) is 2.96. The fourth-order valence-electron chi connectivity index (χ4n) is 3.12. The van der Waals surface area contributed by atoms with Crippen molar-refractivity contribution < 1.29 is 9.59 Å². The van der Waals surface area contributed by atoms with Gasteiger partial charge in [-0.25, -0.2) is 0 Å². The van der Waals surface area contributed by atoms with Gasteiger partial charge in [0.05, 0.1) is 17.9 Å². The number of hydrogen-bond donors (Lipinski definition) is 2. The molecule has 0 saturated carbocycles. The van der Waals surface area contributed by atoms with Crippen LogP contribution in [-0.2, 0) is 4.79 Å². The van der Waals surface area contributed by atoms with E-state index in [1.165, 1.54) is 0 Å². The van der Waals surface area contributed by atoms with Gasteiger partial charge in [-0.2, -0.15) is 0 Å². The van der Waals surface area contributed by atoms with Gasteiger partial charge < -0.3 is 16.0 Å².